The Hall–Kier alpha value is -2.60. The van der Waals surface area contributed by atoms with Gasteiger partial charge in [0.1, 0.15) is 11.5 Å². The van der Waals surface area contributed by atoms with Crippen molar-refractivity contribution >= 4 is 28.3 Å². The standard InChI is InChI=1S/C17H20N4O2/c1-17(2,3)15-16(18-10-14(22)20-23)21-12-7-5-4-6-11(12)8-9-13(21)19-15/h4-9,18,23H,10H2,1-3H3,(H,20,22). The topological polar surface area (TPSA) is 78.7 Å². The van der Waals surface area contributed by atoms with E-state index < -0.39 is 5.91 Å². The van der Waals surface area contributed by atoms with Crippen LogP contribution in [0.5, 0.6) is 0 Å². The summed E-state index contributed by atoms with van der Waals surface area (Å²) in [5, 5.41) is 12.9. The van der Waals surface area contributed by atoms with Crippen LogP contribution < -0.4 is 10.8 Å². The Balaban J connectivity index is 2.26. The molecule has 3 rings (SSSR count). The molecule has 0 bridgehead atoms. The number of nitrogens with zero attached hydrogens (tertiary/aromatic N) is 2. The van der Waals surface area contributed by atoms with Gasteiger partial charge in [-0.1, -0.05) is 39.0 Å². The molecule has 2 aromatic heterocycles. The van der Waals surface area contributed by atoms with E-state index in [-0.39, 0.29) is 12.0 Å². The van der Waals surface area contributed by atoms with E-state index in [4.69, 9.17) is 10.2 Å². The van der Waals surface area contributed by atoms with Gasteiger partial charge in [0.05, 0.1) is 17.8 Å². The maximum absolute atomic E-state index is 11.4. The number of amides is 1. The first-order chi connectivity index (χ1) is 10.9. The molecule has 0 unspecified atom stereocenters. The Morgan fingerprint density at radius 1 is 1.22 bits per heavy atom. The molecule has 0 saturated carbocycles. The number of para-hydroxylation sites is 1. The SMILES string of the molecule is CC(C)(C)c1nc2ccc3ccccc3n2c1NCC(=O)NO. The van der Waals surface area contributed by atoms with E-state index >= 15 is 0 Å². The summed E-state index contributed by atoms with van der Waals surface area (Å²) in [6.07, 6.45) is 0. The number of imidazole rings is 1. The molecule has 1 amide bonds. The number of carbonyl (C=O) groups is 1. The van der Waals surface area contributed by atoms with Crippen LogP contribution in [0.3, 0.4) is 0 Å². The summed E-state index contributed by atoms with van der Waals surface area (Å²) >= 11 is 0. The minimum absolute atomic E-state index is 0.0312. The Morgan fingerprint density at radius 2 is 1.96 bits per heavy atom. The molecular formula is C17H20N4O2. The molecule has 1 aromatic carbocycles. The first kappa shape index (κ1) is 15.3. The fraction of sp³-hybridized carbons (Fsp3) is 0.294. The van der Waals surface area contributed by atoms with Gasteiger partial charge in [-0.25, -0.2) is 10.5 Å². The fourth-order valence-electron chi connectivity index (χ4n) is 2.68. The third kappa shape index (κ3) is 2.73. The predicted octanol–water partition coefficient (Wildman–Crippen LogP) is 2.70. The largest absolute Gasteiger partial charge is 0.360 e. The van der Waals surface area contributed by atoms with Gasteiger partial charge in [0, 0.05) is 5.41 Å². The third-order valence-corrected chi connectivity index (χ3v) is 3.74. The van der Waals surface area contributed by atoms with E-state index in [1.54, 1.807) is 5.48 Å². The number of carbonyl (C=O) groups excluding carboxylic acids is 1. The molecule has 0 atom stereocenters. The second-order valence-corrected chi connectivity index (χ2v) is 6.53. The van der Waals surface area contributed by atoms with Crippen LogP contribution in [0.25, 0.3) is 16.6 Å². The lowest BCUT2D eigenvalue weighted by atomic mass is 9.92. The summed E-state index contributed by atoms with van der Waals surface area (Å²) in [4.78, 5) is 16.2. The van der Waals surface area contributed by atoms with Crippen LogP contribution in [-0.2, 0) is 10.2 Å². The van der Waals surface area contributed by atoms with Gasteiger partial charge in [0.15, 0.2) is 0 Å². The van der Waals surface area contributed by atoms with Crippen molar-refractivity contribution in [1.82, 2.24) is 14.9 Å². The molecular weight excluding hydrogens is 292 g/mol. The molecule has 0 aliphatic rings. The Bertz CT molecular complexity index is 877. The molecule has 0 aliphatic heterocycles. The van der Waals surface area contributed by atoms with Gasteiger partial charge in [-0.3, -0.25) is 14.4 Å². The number of aromatic nitrogens is 2. The summed E-state index contributed by atoms with van der Waals surface area (Å²) in [6, 6.07) is 12.0. The number of pyridine rings is 1. The first-order valence-corrected chi connectivity index (χ1v) is 7.49. The molecule has 0 aliphatic carbocycles. The van der Waals surface area contributed by atoms with Gasteiger partial charge in [0.25, 0.3) is 5.91 Å². The van der Waals surface area contributed by atoms with E-state index in [0.717, 1.165) is 28.1 Å². The maximum atomic E-state index is 11.4. The minimum atomic E-state index is -0.500. The second kappa shape index (κ2) is 5.55. The van der Waals surface area contributed by atoms with Crippen LogP contribution in [0.4, 0.5) is 5.82 Å². The van der Waals surface area contributed by atoms with Crippen LogP contribution in [-0.4, -0.2) is 27.0 Å². The van der Waals surface area contributed by atoms with Crippen molar-refractivity contribution in [3.05, 3.63) is 42.1 Å². The molecule has 3 aromatic rings. The van der Waals surface area contributed by atoms with Crippen molar-refractivity contribution in [3.8, 4) is 0 Å². The first-order valence-electron chi connectivity index (χ1n) is 7.49. The van der Waals surface area contributed by atoms with Crippen molar-refractivity contribution < 1.29 is 10.0 Å². The molecule has 0 fully saturated rings. The number of hydroxylamine groups is 1. The van der Waals surface area contributed by atoms with Gasteiger partial charge in [-0.2, -0.15) is 0 Å². The number of rotatable bonds is 3. The van der Waals surface area contributed by atoms with Crippen LogP contribution in [0, 0.1) is 0 Å². The normalized spacial score (nSPS) is 11.8. The second-order valence-electron chi connectivity index (χ2n) is 6.53. The highest BCUT2D eigenvalue weighted by molar-refractivity contribution is 5.85. The van der Waals surface area contributed by atoms with E-state index in [0.29, 0.717) is 0 Å². The molecule has 6 heteroatoms. The zero-order chi connectivity index (χ0) is 16.6. The highest BCUT2D eigenvalue weighted by Gasteiger charge is 2.25. The van der Waals surface area contributed by atoms with E-state index in [1.165, 1.54) is 0 Å². The number of nitrogens with one attached hydrogen (secondary N) is 2. The van der Waals surface area contributed by atoms with E-state index in [9.17, 15) is 4.79 Å². The molecule has 120 valence electrons. The molecule has 0 saturated heterocycles. The van der Waals surface area contributed by atoms with E-state index in [1.807, 2.05) is 40.8 Å². The lowest BCUT2D eigenvalue weighted by Crippen LogP contribution is -2.28. The fourth-order valence-corrected chi connectivity index (χ4v) is 2.68. The van der Waals surface area contributed by atoms with Crippen molar-refractivity contribution in [1.29, 1.82) is 0 Å². The quantitative estimate of drug-likeness (QED) is 0.513. The summed E-state index contributed by atoms with van der Waals surface area (Å²) in [7, 11) is 0. The molecule has 3 N–H and O–H groups in total. The summed E-state index contributed by atoms with van der Waals surface area (Å²) in [5.74, 6) is 0.271. The van der Waals surface area contributed by atoms with Crippen LogP contribution in [0.2, 0.25) is 0 Å². The lowest BCUT2D eigenvalue weighted by Gasteiger charge is -2.18. The molecule has 0 radical (unpaired) electrons. The van der Waals surface area contributed by atoms with Gasteiger partial charge in [0.2, 0.25) is 0 Å². The van der Waals surface area contributed by atoms with Crippen molar-refractivity contribution in [3.63, 3.8) is 0 Å². The molecule has 2 heterocycles. The highest BCUT2D eigenvalue weighted by atomic mass is 16.5. The number of hydrogen-bond acceptors (Lipinski definition) is 4. The monoisotopic (exact) mass is 312 g/mol. The van der Waals surface area contributed by atoms with Gasteiger partial charge < -0.3 is 5.32 Å². The molecule has 0 spiro atoms. The van der Waals surface area contributed by atoms with Crippen LogP contribution in [0.1, 0.15) is 26.5 Å². The Morgan fingerprint density at radius 3 is 2.65 bits per heavy atom. The van der Waals surface area contributed by atoms with Crippen LogP contribution >= 0.6 is 0 Å². The molecule has 23 heavy (non-hydrogen) atoms. The van der Waals surface area contributed by atoms with Crippen molar-refractivity contribution in [2.45, 2.75) is 26.2 Å². The number of anilines is 1. The average molecular weight is 312 g/mol. The minimum Gasteiger partial charge on any atom is -0.360 e. The Labute approximate surface area is 134 Å². The van der Waals surface area contributed by atoms with Crippen molar-refractivity contribution in [2.75, 3.05) is 11.9 Å². The maximum Gasteiger partial charge on any atom is 0.262 e. The van der Waals surface area contributed by atoms with Gasteiger partial charge in [-0.05, 0) is 23.6 Å². The zero-order valence-electron chi connectivity index (χ0n) is 13.4. The zero-order valence-corrected chi connectivity index (χ0v) is 13.4. The van der Waals surface area contributed by atoms with Gasteiger partial charge in [-0.15, -0.1) is 0 Å². The lowest BCUT2D eigenvalue weighted by molar-refractivity contribution is -0.127. The summed E-state index contributed by atoms with van der Waals surface area (Å²) < 4.78 is 2.01. The van der Waals surface area contributed by atoms with Gasteiger partial charge >= 0.3 is 0 Å². The Kier molecular flexibility index (Phi) is 3.69. The average Bonchev–Trinajstić information content (AvgIpc) is 2.92. The summed E-state index contributed by atoms with van der Waals surface area (Å²) in [5.41, 5.74) is 4.16. The van der Waals surface area contributed by atoms with Crippen molar-refractivity contribution in [2.24, 2.45) is 0 Å². The van der Waals surface area contributed by atoms with E-state index in [2.05, 4.69) is 26.1 Å². The molecule has 6 nitrogen and oxygen atoms in total. The number of hydrogen-bond donors (Lipinski definition) is 3. The third-order valence-electron chi connectivity index (χ3n) is 3.74. The highest BCUT2D eigenvalue weighted by Crippen LogP contribution is 2.32. The smallest absolute Gasteiger partial charge is 0.262 e. The van der Waals surface area contributed by atoms with Crippen LogP contribution in [0.15, 0.2) is 36.4 Å². The number of benzene rings is 1. The predicted molar refractivity (Wildman–Crippen MR) is 89.8 cm³/mol. The summed E-state index contributed by atoms with van der Waals surface area (Å²) in [6.45, 7) is 6.20. The number of fused-ring (bicyclic) bond motifs is 3.